The standard InChI is InChI=1S/C28H34N6O4S/c1-5-20-7-9-24(37-11-10-29-19(4)35)26(13-20)39-33-27-23-8-6-21(12-25(23)38-32-27)16-34-17-22(15-31-34)14-30-28(36)18(2)3/h6-9,12,15,17,20H,2,5,10-11,13-14,16H2,1,3-4H3,(H,29,35)(H,30,36)(H,32,33). The molecule has 1 aliphatic rings. The fourth-order valence-electron chi connectivity index (χ4n) is 3.98. The molecule has 0 spiro atoms. The molecule has 3 aromatic rings. The van der Waals surface area contributed by atoms with Crippen LogP contribution in [0.15, 0.2) is 70.1 Å². The third-order valence-corrected chi connectivity index (χ3v) is 7.09. The Labute approximate surface area is 232 Å². The lowest BCUT2D eigenvalue weighted by atomic mass is 9.97. The summed E-state index contributed by atoms with van der Waals surface area (Å²) < 4.78 is 16.7. The first-order valence-electron chi connectivity index (χ1n) is 12.9. The zero-order valence-electron chi connectivity index (χ0n) is 22.5. The number of nitrogens with one attached hydrogen (secondary N) is 3. The monoisotopic (exact) mass is 550 g/mol. The normalized spacial score (nSPS) is 14.9. The van der Waals surface area contributed by atoms with E-state index in [1.165, 1.54) is 18.9 Å². The van der Waals surface area contributed by atoms with Gasteiger partial charge in [-0.25, -0.2) is 0 Å². The molecule has 0 aliphatic heterocycles. The summed E-state index contributed by atoms with van der Waals surface area (Å²) in [6.07, 6.45) is 9.72. The van der Waals surface area contributed by atoms with Crippen molar-refractivity contribution in [3.63, 3.8) is 0 Å². The summed E-state index contributed by atoms with van der Waals surface area (Å²) in [6, 6.07) is 5.96. The van der Waals surface area contributed by atoms with Crippen LogP contribution in [0.4, 0.5) is 5.82 Å². The maximum Gasteiger partial charge on any atom is 0.246 e. The van der Waals surface area contributed by atoms with E-state index in [1.807, 2.05) is 35.2 Å². The minimum Gasteiger partial charge on any atom is -0.491 e. The number of fused-ring (bicyclic) bond motifs is 1. The van der Waals surface area contributed by atoms with Crippen LogP contribution in [0, 0.1) is 5.92 Å². The van der Waals surface area contributed by atoms with Crippen molar-refractivity contribution in [1.29, 1.82) is 0 Å². The molecule has 1 atom stereocenters. The first-order chi connectivity index (χ1) is 18.8. The molecule has 0 saturated heterocycles. The second-order valence-electron chi connectivity index (χ2n) is 9.43. The number of ether oxygens (including phenoxy) is 1. The van der Waals surface area contributed by atoms with Crippen molar-refractivity contribution in [2.45, 2.75) is 46.7 Å². The van der Waals surface area contributed by atoms with E-state index in [1.54, 1.807) is 13.1 Å². The maximum atomic E-state index is 11.7. The molecule has 206 valence electrons. The second kappa shape index (κ2) is 13.2. The van der Waals surface area contributed by atoms with Crippen LogP contribution in [0.2, 0.25) is 0 Å². The average molecular weight is 551 g/mol. The second-order valence-corrected chi connectivity index (χ2v) is 10.3. The molecule has 1 unspecified atom stereocenters. The predicted molar refractivity (Wildman–Crippen MR) is 152 cm³/mol. The number of nitrogens with zero attached hydrogens (tertiary/aromatic N) is 3. The maximum absolute atomic E-state index is 11.7. The van der Waals surface area contributed by atoms with E-state index in [4.69, 9.17) is 9.26 Å². The number of aromatic nitrogens is 3. The Morgan fingerprint density at radius 1 is 1.26 bits per heavy atom. The van der Waals surface area contributed by atoms with Gasteiger partial charge < -0.3 is 24.6 Å². The largest absolute Gasteiger partial charge is 0.491 e. The number of rotatable bonds is 13. The van der Waals surface area contributed by atoms with E-state index in [0.717, 1.165) is 40.0 Å². The minimum absolute atomic E-state index is 0.0752. The number of carbonyl (C=O) groups is 2. The molecule has 0 radical (unpaired) electrons. The molecule has 10 nitrogen and oxygen atoms in total. The number of allylic oxidation sites excluding steroid dienone is 3. The highest BCUT2D eigenvalue weighted by Gasteiger charge is 2.19. The highest BCUT2D eigenvalue weighted by atomic mass is 32.2. The van der Waals surface area contributed by atoms with Gasteiger partial charge in [0.2, 0.25) is 11.8 Å². The lowest BCUT2D eigenvalue weighted by Gasteiger charge is -2.21. The van der Waals surface area contributed by atoms with Gasteiger partial charge >= 0.3 is 0 Å². The Kier molecular flexibility index (Phi) is 9.48. The summed E-state index contributed by atoms with van der Waals surface area (Å²) >= 11 is 1.47. The topological polar surface area (TPSA) is 123 Å². The lowest BCUT2D eigenvalue weighted by molar-refractivity contribution is -0.119. The number of amides is 2. The minimum atomic E-state index is -0.173. The van der Waals surface area contributed by atoms with Crippen LogP contribution < -0.4 is 15.4 Å². The fourth-order valence-corrected chi connectivity index (χ4v) is 4.87. The van der Waals surface area contributed by atoms with Crippen LogP contribution in [-0.2, 0) is 27.4 Å². The van der Waals surface area contributed by atoms with Crippen molar-refractivity contribution in [2.24, 2.45) is 5.92 Å². The van der Waals surface area contributed by atoms with E-state index in [2.05, 4.69) is 45.2 Å². The molecule has 4 rings (SSSR count). The van der Waals surface area contributed by atoms with Gasteiger partial charge in [0.25, 0.3) is 0 Å². The van der Waals surface area contributed by atoms with E-state index in [0.29, 0.717) is 49.1 Å². The molecule has 39 heavy (non-hydrogen) atoms. The molecule has 0 fully saturated rings. The zero-order valence-corrected chi connectivity index (χ0v) is 23.3. The molecule has 11 heteroatoms. The van der Waals surface area contributed by atoms with Crippen molar-refractivity contribution in [1.82, 2.24) is 25.6 Å². The number of carbonyl (C=O) groups excluding carboxylic acids is 2. The van der Waals surface area contributed by atoms with Crippen molar-refractivity contribution >= 4 is 40.5 Å². The molecule has 2 aromatic heterocycles. The number of hydrogen-bond acceptors (Lipinski definition) is 8. The smallest absolute Gasteiger partial charge is 0.246 e. The molecule has 1 aromatic carbocycles. The van der Waals surface area contributed by atoms with Crippen LogP contribution >= 0.6 is 11.9 Å². The SMILES string of the molecule is C=C(C)C(=O)NCc1cnn(Cc2ccc3c(NSC4=C(OCCNC(C)=O)C=CC(CC)C4)noc3c2)c1. The Morgan fingerprint density at radius 3 is 2.87 bits per heavy atom. The van der Waals surface area contributed by atoms with E-state index in [9.17, 15) is 9.59 Å². The quantitative estimate of drug-likeness (QED) is 0.159. The van der Waals surface area contributed by atoms with Gasteiger partial charge in [0, 0.05) is 35.7 Å². The summed E-state index contributed by atoms with van der Waals surface area (Å²) in [5.41, 5.74) is 3.07. The zero-order chi connectivity index (χ0) is 27.8. The van der Waals surface area contributed by atoms with Gasteiger partial charge in [-0.3, -0.25) is 14.3 Å². The van der Waals surface area contributed by atoms with E-state index in [-0.39, 0.29) is 11.8 Å². The summed E-state index contributed by atoms with van der Waals surface area (Å²) in [4.78, 5) is 23.9. The third-order valence-electron chi connectivity index (χ3n) is 6.18. The highest BCUT2D eigenvalue weighted by molar-refractivity contribution is 8.04. The van der Waals surface area contributed by atoms with Crippen LogP contribution in [0.1, 0.15) is 44.7 Å². The van der Waals surface area contributed by atoms with Gasteiger partial charge in [-0.15, -0.1) is 0 Å². The molecule has 2 amide bonds. The van der Waals surface area contributed by atoms with E-state index < -0.39 is 0 Å². The Balaban J connectivity index is 1.38. The van der Waals surface area contributed by atoms with Crippen LogP contribution in [0.25, 0.3) is 11.0 Å². The predicted octanol–water partition coefficient (Wildman–Crippen LogP) is 4.68. The Bertz CT molecular complexity index is 1410. The summed E-state index contributed by atoms with van der Waals surface area (Å²) in [6.45, 7) is 10.8. The third kappa shape index (κ3) is 7.76. The van der Waals surface area contributed by atoms with Crippen LogP contribution in [0.3, 0.4) is 0 Å². The highest BCUT2D eigenvalue weighted by Crippen LogP contribution is 2.36. The average Bonchev–Trinajstić information content (AvgIpc) is 3.54. The van der Waals surface area contributed by atoms with Gasteiger partial charge in [-0.05, 0) is 61.4 Å². The first-order valence-corrected chi connectivity index (χ1v) is 13.7. The van der Waals surface area contributed by atoms with Gasteiger partial charge in [0.15, 0.2) is 11.4 Å². The lowest BCUT2D eigenvalue weighted by Crippen LogP contribution is -2.24. The van der Waals surface area contributed by atoms with Crippen molar-refractivity contribution in [2.75, 3.05) is 17.9 Å². The number of anilines is 1. The molecular weight excluding hydrogens is 516 g/mol. The molecule has 3 N–H and O–H groups in total. The molecule has 2 heterocycles. The number of benzene rings is 1. The Morgan fingerprint density at radius 2 is 2.10 bits per heavy atom. The van der Waals surface area contributed by atoms with Gasteiger partial charge in [-0.1, -0.05) is 30.8 Å². The summed E-state index contributed by atoms with van der Waals surface area (Å²) in [5, 5.41) is 15.1. The van der Waals surface area contributed by atoms with Crippen molar-refractivity contribution < 1.29 is 18.8 Å². The fraction of sp³-hybridized carbons (Fsp3) is 0.357. The van der Waals surface area contributed by atoms with Gasteiger partial charge in [0.1, 0.15) is 12.4 Å². The molecule has 0 saturated carbocycles. The number of hydrogen-bond donors (Lipinski definition) is 3. The first kappa shape index (κ1) is 28.0. The van der Waals surface area contributed by atoms with Gasteiger partial charge in [-0.2, -0.15) is 5.10 Å². The van der Waals surface area contributed by atoms with Crippen molar-refractivity contribution in [3.8, 4) is 0 Å². The van der Waals surface area contributed by atoms with Crippen molar-refractivity contribution in [3.05, 3.63) is 76.7 Å². The molecule has 1 aliphatic carbocycles. The summed E-state index contributed by atoms with van der Waals surface area (Å²) in [7, 11) is 0. The van der Waals surface area contributed by atoms with Gasteiger partial charge in [0.05, 0.1) is 24.7 Å². The summed E-state index contributed by atoms with van der Waals surface area (Å²) in [5.74, 6) is 1.64. The van der Waals surface area contributed by atoms with Crippen LogP contribution in [-0.4, -0.2) is 39.9 Å². The molecular formula is C28H34N6O4S. The molecule has 0 bridgehead atoms. The van der Waals surface area contributed by atoms with E-state index >= 15 is 0 Å². The Hall–Kier alpha value is -3.99. The van der Waals surface area contributed by atoms with Crippen LogP contribution in [0.5, 0.6) is 0 Å².